The standard InChI is InChI=1S/C14H22N2O/c1-14(2)10-16(9-8-13(14)15)11-4-6-12(17-3)7-5-11/h4-7,13H,8-10,15H2,1-3H3. The van der Waals surface area contributed by atoms with E-state index >= 15 is 0 Å². The topological polar surface area (TPSA) is 38.5 Å². The molecule has 1 atom stereocenters. The molecule has 2 N–H and O–H groups in total. The zero-order valence-corrected chi connectivity index (χ0v) is 10.9. The second-order valence-corrected chi connectivity index (χ2v) is 5.50. The van der Waals surface area contributed by atoms with Crippen LogP contribution in [0.3, 0.4) is 0 Å². The summed E-state index contributed by atoms with van der Waals surface area (Å²) >= 11 is 0. The summed E-state index contributed by atoms with van der Waals surface area (Å²) < 4.78 is 5.18. The van der Waals surface area contributed by atoms with E-state index in [0.717, 1.165) is 25.3 Å². The summed E-state index contributed by atoms with van der Waals surface area (Å²) in [6.07, 6.45) is 1.05. The second-order valence-electron chi connectivity index (χ2n) is 5.50. The van der Waals surface area contributed by atoms with E-state index in [9.17, 15) is 0 Å². The third-order valence-corrected chi connectivity index (χ3v) is 3.75. The molecule has 1 aliphatic rings. The van der Waals surface area contributed by atoms with Crippen molar-refractivity contribution in [2.24, 2.45) is 11.1 Å². The predicted molar refractivity (Wildman–Crippen MR) is 71.6 cm³/mol. The summed E-state index contributed by atoms with van der Waals surface area (Å²) in [6, 6.07) is 8.56. The van der Waals surface area contributed by atoms with E-state index in [0.29, 0.717) is 6.04 Å². The van der Waals surface area contributed by atoms with E-state index in [-0.39, 0.29) is 5.41 Å². The number of ether oxygens (including phenoxy) is 1. The third kappa shape index (κ3) is 2.55. The summed E-state index contributed by atoms with van der Waals surface area (Å²) in [4.78, 5) is 2.41. The molecule has 0 bridgehead atoms. The molecule has 0 amide bonds. The Hall–Kier alpha value is -1.22. The Labute approximate surface area is 104 Å². The van der Waals surface area contributed by atoms with Gasteiger partial charge in [0.05, 0.1) is 7.11 Å². The molecular weight excluding hydrogens is 212 g/mol. The zero-order chi connectivity index (χ0) is 12.5. The fraction of sp³-hybridized carbons (Fsp3) is 0.571. The van der Waals surface area contributed by atoms with Gasteiger partial charge >= 0.3 is 0 Å². The highest BCUT2D eigenvalue weighted by atomic mass is 16.5. The van der Waals surface area contributed by atoms with Crippen molar-refractivity contribution < 1.29 is 4.74 Å². The maximum Gasteiger partial charge on any atom is 0.119 e. The van der Waals surface area contributed by atoms with E-state index in [1.165, 1.54) is 5.69 Å². The largest absolute Gasteiger partial charge is 0.497 e. The molecule has 1 aromatic carbocycles. The summed E-state index contributed by atoms with van der Waals surface area (Å²) in [6.45, 7) is 6.54. The summed E-state index contributed by atoms with van der Waals surface area (Å²) in [5.41, 5.74) is 7.59. The van der Waals surface area contributed by atoms with Crippen LogP contribution in [0.25, 0.3) is 0 Å². The van der Waals surface area contributed by atoms with Gasteiger partial charge in [0.15, 0.2) is 0 Å². The molecule has 3 heteroatoms. The van der Waals surface area contributed by atoms with Crippen LogP contribution >= 0.6 is 0 Å². The van der Waals surface area contributed by atoms with Gasteiger partial charge in [0.1, 0.15) is 5.75 Å². The molecule has 1 aliphatic heterocycles. The number of benzene rings is 1. The zero-order valence-electron chi connectivity index (χ0n) is 10.9. The lowest BCUT2D eigenvalue weighted by atomic mass is 9.79. The van der Waals surface area contributed by atoms with Crippen LogP contribution in [0, 0.1) is 5.41 Å². The van der Waals surface area contributed by atoms with Gasteiger partial charge in [-0.1, -0.05) is 13.8 Å². The number of hydrogen-bond donors (Lipinski definition) is 1. The number of anilines is 1. The van der Waals surface area contributed by atoms with Gasteiger partial charge in [-0.05, 0) is 36.1 Å². The molecule has 0 saturated carbocycles. The van der Waals surface area contributed by atoms with E-state index < -0.39 is 0 Å². The number of piperidine rings is 1. The van der Waals surface area contributed by atoms with Gasteiger partial charge in [-0.3, -0.25) is 0 Å². The van der Waals surface area contributed by atoms with Crippen LogP contribution in [0.15, 0.2) is 24.3 Å². The second kappa shape index (κ2) is 4.57. The SMILES string of the molecule is COc1ccc(N2CCC(N)C(C)(C)C2)cc1. The van der Waals surface area contributed by atoms with E-state index in [2.05, 4.69) is 30.9 Å². The predicted octanol–water partition coefficient (Wildman–Crippen LogP) is 2.26. The minimum atomic E-state index is 0.179. The molecule has 94 valence electrons. The first-order chi connectivity index (χ1) is 8.03. The van der Waals surface area contributed by atoms with Crippen molar-refractivity contribution in [3.63, 3.8) is 0 Å². The normalized spacial score (nSPS) is 23.5. The van der Waals surface area contributed by atoms with Crippen LogP contribution in [-0.4, -0.2) is 26.2 Å². The molecule has 2 rings (SSSR count). The van der Waals surface area contributed by atoms with Crippen LogP contribution < -0.4 is 15.4 Å². The summed E-state index contributed by atoms with van der Waals surface area (Å²) in [7, 11) is 1.69. The Kier molecular flexibility index (Phi) is 3.29. The molecule has 0 aliphatic carbocycles. The van der Waals surface area contributed by atoms with Crippen LogP contribution in [-0.2, 0) is 0 Å². The fourth-order valence-corrected chi connectivity index (χ4v) is 2.39. The van der Waals surface area contributed by atoms with Crippen molar-refractivity contribution in [1.29, 1.82) is 0 Å². The van der Waals surface area contributed by atoms with Crippen molar-refractivity contribution in [3.8, 4) is 5.75 Å². The summed E-state index contributed by atoms with van der Waals surface area (Å²) in [5, 5.41) is 0. The third-order valence-electron chi connectivity index (χ3n) is 3.75. The molecule has 0 spiro atoms. The molecule has 0 aromatic heterocycles. The van der Waals surface area contributed by atoms with Gasteiger partial charge in [0, 0.05) is 24.8 Å². The smallest absolute Gasteiger partial charge is 0.119 e. The number of nitrogens with zero attached hydrogens (tertiary/aromatic N) is 1. The Bertz CT molecular complexity index is 372. The quantitative estimate of drug-likeness (QED) is 0.853. The lowest BCUT2D eigenvalue weighted by Gasteiger charge is -2.43. The highest BCUT2D eigenvalue weighted by Gasteiger charge is 2.33. The molecule has 1 fully saturated rings. The Morgan fingerprint density at radius 3 is 2.47 bits per heavy atom. The van der Waals surface area contributed by atoms with E-state index in [1.54, 1.807) is 7.11 Å². The first-order valence-corrected chi connectivity index (χ1v) is 6.17. The van der Waals surface area contributed by atoms with Crippen LogP contribution in [0.4, 0.5) is 5.69 Å². The van der Waals surface area contributed by atoms with Gasteiger partial charge in [-0.15, -0.1) is 0 Å². The lowest BCUT2D eigenvalue weighted by Crippen LogP contribution is -2.52. The van der Waals surface area contributed by atoms with Gasteiger partial charge in [-0.2, -0.15) is 0 Å². The number of nitrogens with two attached hydrogens (primary N) is 1. The Morgan fingerprint density at radius 2 is 1.94 bits per heavy atom. The van der Waals surface area contributed by atoms with Crippen LogP contribution in [0.2, 0.25) is 0 Å². The highest BCUT2D eigenvalue weighted by Crippen LogP contribution is 2.31. The number of hydrogen-bond acceptors (Lipinski definition) is 3. The van der Waals surface area contributed by atoms with Crippen molar-refractivity contribution >= 4 is 5.69 Å². The minimum absolute atomic E-state index is 0.179. The van der Waals surface area contributed by atoms with Crippen LogP contribution in [0.1, 0.15) is 20.3 Å². The maximum absolute atomic E-state index is 6.15. The molecule has 17 heavy (non-hydrogen) atoms. The molecule has 3 nitrogen and oxygen atoms in total. The lowest BCUT2D eigenvalue weighted by molar-refractivity contribution is 0.245. The Morgan fingerprint density at radius 1 is 1.29 bits per heavy atom. The molecule has 0 radical (unpaired) electrons. The summed E-state index contributed by atoms with van der Waals surface area (Å²) in [5.74, 6) is 0.904. The molecule has 1 heterocycles. The van der Waals surface area contributed by atoms with Crippen molar-refractivity contribution in [2.45, 2.75) is 26.3 Å². The van der Waals surface area contributed by atoms with Gasteiger partial charge in [-0.25, -0.2) is 0 Å². The molecule has 1 aromatic rings. The average Bonchev–Trinajstić information content (AvgIpc) is 2.33. The number of methoxy groups -OCH3 is 1. The Balaban J connectivity index is 2.12. The minimum Gasteiger partial charge on any atom is -0.497 e. The number of rotatable bonds is 2. The van der Waals surface area contributed by atoms with Crippen molar-refractivity contribution in [1.82, 2.24) is 0 Å². The van der Waals surface area contributed by atoms with Crippen molar-refractivity contribution in [3.05, 3.63) is 24.3 Å². The van der Waals surface area contributed by atoms with Gasteiger partial charge in [0.25, 0.3) is 0 Å². The van der Waals surface area contributed by atoms with Gasteiger partial charge in [0.2, 0.25) is 0 Å². The highest BCUT2D eigenvalue weighted by molar-refractivity contribution is 5.49. The molecule has 1 saturated heterocycles. The monoisotopic (exact) mass is 234 g/mol. The van der Waals surface area contributed by atoms with Crippen LogP contribution in [0.5, 0.6) is 5.75 Å². The first-order valence-electron chi connectivity index (χ1n) is 6.17. The maximum atomic E-state index is 6.15. The van der Waals surface area contributed by atoms with Crippen molar-refractivity contribution in [2.75, 3.05) is 25.1 Å². The van der Waals surface area contributed by atoms with E-state index in [4.69, 9.17) is 10.5 Å². The van der Waals surface area contributed by atoms with Gasteiger partial charge < -0.3 is 15.4 Å². The van der Waals surface area contributed by atoms with E-state index in [1.807, 2.05) is 12.1 Å². The molecular formula is C14H22N2O. The molecule has 1 unspecified atom stereocenters. The fourth-order valence-electron chi connectivity index (χ4n) is 2.39. The first kappa shape index (κ1) is 12.2. The average molecular weight is 234 g/mol.